The fraction of sp³-hybridized carbons (Fsp3) is 0.250. The Labute approximate surface area is 186 Å². The molecule has 0 radical (unpaired) electrons. The molecular weight excluding hydrogens is 412 g/mol. The van der Waals surface area contributed by atoms with Crippen molar-refractivity contribution in [1.82, 2.24) is 10.6 Å². The molecule has 3 aromatic rings. The summed E-state index contributed by atoms with van der Waals surface area (Å²) in [5, 5.41) is 7.58. The van der Waals surface area contributed by atoms with Crippen LogP contribution in [0.3, 0.4) is 0 Å². The molecule has 1 heterocycles. The Morgan fingerprint density at radius 3 is 2.52 bits per heavy atom. The van der Waals surface area contributed by atoms with Gasteiger partial charge in [0.25, 0.3) is 5.91 Å². The maximum Gasteiger partial charge on any atom is 0.261 e. The highest BCUT2D eigenvalue weighted by molar-refractivity contribution is 7.12. The van der Waals surface area contributed by atoms with Gasteiger partial charge in [-0.2, -0.15) is 0 Å². The first-order chi connectivity index (χ1) is 15.2. The zero-order valence-corrected chi connectivity index (χ0v) is 18.2. The van der Waals surface area contributed by atoms with Gasteiger partial charge in [-0.05, 0) is 41.1 Å². The quantitative estimate of drug-likeness (QED) is 0.441. The molecule has 0 atom stereocenters. The number of nitrogens with one attached hydrogen (secondary N) is 2. The minimum atomic E-state index is -0.0999. The van der Waals surface area contributed by atoms with Crippen molar-refractivity contribution in [2.75, 3.05) is 13.7 Å². The minimum Gasteiger partial charge on any atom is -0.493 e. The Balaban J connectivity index is 1.40. The van der Waals surface area contributed by atoms with Gasteiger partial charge in [-0.15, -0.1) is 11.3 Å². The van der Waals surface area contributed by atoms with Crippen LogP contribution in [0.4, 0.5) is 0 Å². The summed E-state index contributed by atoms with van der Waals surface area (Å²) in [5.41, 5.74) is 2.00. The van der Waals surface area contributed by atoms with Crippen molar-refractivity contribution >= 4 is 23.2 Å². The summed E-state index contributed by atoms with van der Waals surface area (Å²) in [6, 6.07) is 19.2. The Bertz CT molecular complexity index is 975. The molecule has 1 aromatic heterocycles. The maximum atomic E-state index is 12.1. The predicted molar refractivity (Wildman–Crippen MR) is 122 cm³/mol. The lowest BCUT2D eigenvalue weighted by atomic mass is 10.2. The highest BCUT2D eigenvalue weighted by Gasteiger charge is 2.09. The van der Waals surface area contributed by atoms with Crippen molar-refractivity contribution in [3.8, 4) is 11.5 Å². The predicted octanol–water partition coefficient (Wildman–Crippen LogP) is 4.16. The molecule has 2 aromatic carbocycles. The van der Waals surface area contributed by atoms with E-state index in [1.807, 2.05) is 60.0 Å². The molecule has 0 saturated heterocycles. The lowest BCUT2D eigenvalue weighted by molar-refractivity contribution is -0.121. The van der Waals surface area contributed by atoms with Crippen LogP contribution in [0.1, 0.15) is 33.6 Å². The second kappa shape index (κ2) is 11.8. The van der Waals surface area contributed by atoms with Crippen molar-refractivity contribution in [3.05, 3.63) is 82.0 Å². The Morgan fingerprint density at radius 1 is 0.935 bits per heavy atom. The van der Waals surface area contributed by atoms with Gasteiger partial charge < -0.3 is 20.1 Å². The van der Waals surface area contributed by atoms with Gasteiger partial charge >= 0.3 is 0 Å². The highest BCUT2D eigenvalue weighted by atomic mass is 32.1. The zero-order valence-electron chi connectivity index (χ0n) is 17.4. The van der Waals surface area contributed by atoms with E-state index in [4.69, 9.17) is 9.47 Å². The van der Waals surface area contributed by atoms with Gasteiger partial charge in [0.1, 0.15) is 6.61 Å². The summed E-state index contributed by atoms with van der Waals surface area (Å²) in [6.07, 6.45) is 0.929. The molecule has 0 aliphatic heterocycles. The number of rotatable bonds is 11. The van der Waals surface area contributed by atoms with E-state index in [0.29, 0.717) is 48.9 Å². The van der Waals surface area contributed by atoms with E-state index < -0.39 is 0 Å². The van der Waals surface area contributed by atoms with E-state index in [0.717, 1.165) is 11.1 Å². The average molecular weight is 439 g/mol. The number of carbonyl (C=O) groups is 2. The topological polar surface area (TPSA) is 76.7 Å². The number of methoxy groups -OCH3 is 1. The molecule has 0 spiro atoms. The monoisotopic (exact) mass is 438 g/mol. The van der Waals surface area contributed by atoms with E-state index in [2.05, 4.69) is 10.6 Å². The number of benzene rings is 2. The van der Waals surface area contributed by atoms with Crippen LogP contribution in [0, 0.1) is 0 Å². The summed E-state index contributed by atoms with van der Waals surface area (Å²) in [7, 11) is 1.59. The van der Waals surface area contributed by atoms with Crippen molar-refractivity contribution < 1.29 is 19.1 Å². The largest absolute Gasteiger partial charge is 0.493 e. The molecule has 0 aliphatic carbocycles. The molecule has 7 heteroatoms. The van der Waals surface area contributed by atoms with E-state index in [-0.39, 0.29) is 11.8 Å². The Kier molecular flexibility index (Phi) is 8.48. The number of amides is 2. The summed E-state index contributed by atoms with van der Waals surface area (Å²) in [5.74, 6) is 1.12. The van der Waals surface area contributed by atoms with Crippen LogP contribution < -0.4 is 20.1 Å². The lowest BCUT2D eigenvalue weighted by Gasteiger charge is -2.13. The van der Waals surface area contributed by atoms with Gasteiger partial charge in [-0.1, -0.05) is 42.5 Å². The first kappa shape index (κ1) is 22.4. The van der Waals surface area contributed by atoms with Gasteiger partial charge in [0, 0.05) is 19.5 Å². The summed E-state index contributed by atoms with van der Waals surface area (Å²) < 4.78 is 11.3. The molecule has 3 rings (SSSR count). The molecule has 0 bridgehead atoms. The van der Waals surface area contributed by atoms with Crippen LogP contribution in [0.15, 0.2) is 66.0 Å². The molecule has 2 amide bonds. The lowest BCUT2D eigenvalue weighted by Crippen LogP contribution is -2.26. The van der Waals surface area contributed by atoms with Gasteiger partial charge in [0.05, 0.1) is 12.0 Å². The fourth-order valence-corrected chi connectivity index (χ4v) is 3.55. The molecule has 31 heavy (non-hydrogen) atoms. The number of thiophene rings is 1. The fourth-order valence-electron chi connectivity index (χ4n) is 2.91. The normalized spacial score (nSPS) is 10.4. The number of hydrogen-bond donors (Lipinski definition) is 2. The molecular formula is C24H26N2O4S. The zero-order chi connectivity index (χ0) is 21.9. The van der Waals surface area contributed by atoms with Crippen molar-refractivity contribution in [2.45, 2.75) is 26.0 Å². The average Bonchev–Trinajstić information content (AvgIpc) is 3.35. The summed E-state index contributed by atoms with van der Waals surface area (Å²) in [6.45, 7) is 1.32. The molecule has 0 fully saturated rings. The van der Waals surface area contributed by atoms with Crippen LogP contribution >= 0.6 is 11.3 Å². The van der Waals surface area contributed by atoms with Gasteiger partial charge in [-0.25, -0.2) is 0 Å². The summed E-state index contributed by atoms with van der Waals surface area (Å²) in [4.78, 5) is 24.6. The molecule has 6 nitrogen and oxygen atoms in total. The third kappa shape index (κ3) is 7.15. The highest BCUT2D eigenvalue weighted by Crippen LogP contribution is 2.28. The SMILES string of the molecule is COc1cc(CNC(=O)CCCNC(=O)c2cccs2)ccc1OCc1ccccc1. The van der Waals surface area contributed by atoms with Gasteiger partial charge in [0.15, 0.2) is 11.5 Å². The van der Waals surface area contributed by atoms with Crippen molar-refractivity contribution in [2.24, 2.45) is 0 Å². The van der Waals surface area contributed by atoms with Crippen LogP contribution in [-0.2, 0) is 17.9 Å². The molecule has 0 aliphatic rings. The first-order valence-corrected chi connectivity index (χ1v) is 11.0. The van der Waals surface area contributed by atoms with E-state index in [1.165, 1.54) is 11.3 Å². The van der Waals surface area contributed by atoms with E-state index in [9.17, 15) is 9.59 Å². The smallest absolute Gasteiger partial charge is 0.261 e. The van der Waals surface area contributed by atoms with Crippen LogP contribution in [0.2, 0.25) is 0 Å². The Morgan fingerprint density at radius 2 is 1.77 bits per heavy atom. The molecule has 0 saturated carbocycles. The first-order valence-electron chi connectivity index (χ1n) is 10.1. The second-order valence-corrected chi connectivity index (χ2v) is 7.82. The number of ether oxygens (including phenoxy) is 2. The number of hydrogen-bond acceptors (Lipinski definition) is 5. The van der Waals surface area contributed by atoms with E-state index in [1.54, 1.807) is 13.2 Å². The standard InChI is InChI=1S/C24H26N2O4S/c1-29-21-15-19(11-12-20(21)30-17-18-7-3-2-4-8-18)16-26-23(27)10-5-13-25-24(28)22-9-6-14-31-22/h2-4,6-9,11-12,14-15H,5,10,13,16-17H2,1H3,(H,25,28)(H,26,27). The van der Waals surface area contributed by atoms with Crippen LogP contribution in [0.5, 0.6) is 11.5 Å². The maximum absolute atomic E-state index is 12.1. The van der Waals surface area contributed by atoms with Gasteiger partial charge in [-0.3, -0.25) is 9.59 Å². The third-order valence-corrected chi connectivity index (χ3v) is 5.43. The van der Waals surface area contributed by atoms with Crippen molar-refractivity contribution in [3.63, 3.8) is 0 Å². The Hall–Kier alpha value is -3.32. The number of carbonyl (C=O) groups excluding carboxylic acids is 2. The summed E-state index contributed by atoms with van der Waals surface area (Å²) >= 11 is 1.40. The van der Waals surface area contributed by atoms with E-state index >= 15 is 0 Å². The van der Waals surface area contributed by atoms with Crippen LogP contribution in [-0.4, -0.2) is 25.5 Å². The molecule has 162 valence electrons. The van der Waals surface area contributed by atoms with Crippen LogP contribution in [0.25, 0.3) is 0 Å². The molecule has 2 N–H and O–H groups in total. The second-order valence-electron chi connectivity index (χ2n) is 6.87. The van der Waals surface area contributed by atoms with Gasteiger partial charge in [0.2, 0.25) is 5.91 Å². The third-order valence-electron chi connectivity index (χ3n) is 4.57. The minimum absolute atomic E-state index is 0.0613. The molecule has 0 unspecified atom stereocenters. The van der Waals surface area contributed by atoms with Crippen molar-refractivity contribution in [1.29, 1.82) is 0 Å².